The SMILES string of the molecule is Cl.[2H]C([2H])(NC(=O)c1cc(F)cc(Cl)c1)C1CCNCC1. The molecule has 1 fully saturated rings. The topological polar surface area (TPSA) is 41.1 Å². The van der Waals surface area contributed by atoms with Crippen LogP contribution in [0.3, 0.4) is 0 Å². The predicted molar refractivity (Wildman–Crippen MR) is 76.6 cm³/mol. The van der Waals surface area contributed by atoms with Crippen molar-refractivity contribution in [2.24, 2.45) is 5.92 Å². The van der Waals surface area contributed by atoms with Crippen LogP contribution in [0.1, 0.15) is 25.9 Å². The number of rotatable bonds is 3. The quantitative estimate of drug-likeness (QED) is 0.901. The molecule has 1 aromatic carbocycles. The molecule has 6 heteroatoms. The standard InChI is InChI=1S/C13H16ClFN2O.ClH/c14-11-5-10(6-12(15)7-11)13(18)17-8-9-1-3-16-4-2-9;/h5-7,9,16H,1-4,8H2,(H,17,18);1H/i8D2;. The van der Waals surface area contributed by atoms with E-state index in [1.54, 1.807) is 0 Å². The van der Waals surface area contributed by atoms with Crippen LogP contribution in [0.2, 0.25) is 5.02 Å². The van der Waals surface area contributed by atoms with Crippen LogP contribution < -0.4 is 10.6 Å². The predicted octanol–water partition coefficient (Wildman–Crippen LogP) is 2.63. The Hall–Kier alpha value is -0.840. The Morgan fingerprint density at radius 2 is 2.16 bits per heavy atom. The molecule has 1 aliphatic rings. The number of carbonyl (C=O) groups excluding carboxylic acids is 1. The molecule has 0 aromatic heterocycles. The normalized spacial score (nSPS) is 18.0. The van der Waals surface area contributed by atoms with Gasteiger partial charge in [0.1, 0.15) is 5.82 Å². The molecule has 0 spiro atoms. The Morgan fingerprint density at radius 3 is 2.79 bits per heavy atom. The molecular formula is C13H17Cl2FN2O. The molecule has 1 aliphatic heterocycles. The number of benzene rings is 1. The summed E-state index contributed by atoms with van der Waals surface area (Å²) in [5.74, 6) is -1.53. The van der Waals surface area contributed by atoms with E-state index < -0.39 is 18.2 Å². The van der Waals surface area contributed by atoms with Gasteiger partial charge in [-0.3, -0.25) is 4.79 Å². The van der Waals surface area contributed by atoms with Gasteiger partial charge >= 0.3 is 0 Å². The summed E-state index contributed by atoms with van der Waals surface area (Å²) in [5.41, 5.74) is 0.0211. The molecule has 1 saturated heterocycles. The molecule has 106 valence electrons. The van der Waals surface area contributed by atoms with Crippen LogP contribution in [0, 0.1) is 11.7 Å². The van der Waals surface area contributed by atoms with Crippen molar-refractivity contribution in [1.29, 1.82) is 0 Å². The first-order valence-corrected chi connectivity index (χ1v) is 6.25. The largest absolute Gasteiger partial charge is 0.352 e. The first kappa shape index (κ1) is 13.2. The number of hydrogen-bond donors (Lipinski definition) is 2. The molecule has 2 N–H and O–H groups in total. The van der Waals surface area contributed by atoms with Gasteiger partial charge in [-0.2, -0.15) is 0 Å². The summed E-state index contributed by atoms with van der Waals surface area (Å²) in [4.78, 5) is 12.0. The van der Waals surface area contributed by atoms with Gasteiger partial charge in [0, 0.05) is 19.8 Å². The third-order valence-corrected chi connectivity index (χ3v) is 3.07. The summed E-state index contributed by atoms with van der Waals surface area (Å²) in [5, 5.41) is 5.59. The van der Waals surface area contributed by atoms with Gasteiger partial charge in [0.15, 0.2) is 0 Å². The van der Waals surface area contributed by atoms with Crippen LogP contribution in [-0.4, -0.2) is 25.5 Å². The van der Waals surface area contributed by atoms with E-state index in [1.165, 1.54) is 6.07 Å². The Kier molecular flexibility index (Phi) is 5.32. The van der Waals surface area contributed by atoms with Crippen molar-refractivity contribution < 1.29 is 11.9 Å². The Labute approximate surface area is 126 Å². The van der Waals surface area contributed by atoms with E-state index in [0.29, 0.717) is 12.8 Å². The Bertz CT molecular complexity index is 491. The fraction of sp³-hybridized carbons (Fsp3) is 0.462. The summed E-state index contributed by atoms with van der Waals surface area (Å²) >= 11 is 5.69. The minimum atomic E-state index is -1.82. The number of piperidine rings is 1. The molecule has 0 aliphatic carbocycles. The Morgan fingerprint density at radius 1 is 1.47 bits per heavy atom. The zero-order chi connectivity index (χ0) is 14.8. The zero-order valence-corrected chi connectivity index (χ0v) is 11.8. The van der Waals surface area contributed by atoms with Gasteiger partial charge in [0.25, 0.3) is 5.91 Å². The lowest BCUT2D eigenvalue weighted by Gasteiger charge is -2.22. The third kappa shape index (κ3) is 4.97. The number of carbonyl (C=O) groups is 1. The fourth-order valence-electron chi connectivity index (χ4n) is 1.89. The summed E-state index contributed by atoms with van der Waals surface area (Å²) in [6.07, 6.45) is 1.30. The number of hydrogen-bond acceptors (Lipinski definition) is 2. The highest BCUT2D eigenvalue weighted by molar-refractivity contribution is 6.31. The van der Waals surface area contributed by atoms with Gasteiger partial charge in [-0.05, 0) is 50.0 Å². The van der Waals surface area contributed by atoms with Gasteiger partial charge < -0.3 is 10.6 Å². The first-order chi connectivity index (χ1) is 9.38. The van der Waals surface area contributed by atoms with Gasteiger partial charge in [-0.15, -0.1) is 12.4 Å². The third-order valence-electron chi connectivity index (χ3n) is 2.85. The number of amides is 1. The minimum Gasteiger partial charge on any atom is -0.352 e. The molecule has 0 radical (unpaired) electrons. The van der Waals surface area contributed by atoms with Crippen LogP contribution in [0.4, 0.5) is 4.39 Å². The average molecular weight is 309 g/mol. The van der Waals surface area contributed by atoms with E-state index in [9.17, 15) is 9.18 Å². The maximum absolute atomic E-state index is 13.2. The minimum absolute atomic E-state index is 0. The average Bonchev–Trinajstić information content (AvgIpc) is 2.38. The Balaban J connectivity index is 0.00000220. The highest BCUT2D eigenvalue weighted by Crippen LogP contribution is 2.15. The van der Waals surface area contributed by atoms with Crippen LogP contribution in [0.25, 0.3) is 0 Å². The maximum Gasteiger partial charge on any atom is 0.251 e. The second-order valence-corrected chi connectivity index (χ2v) is 4.72. The van der Waals surface area contributed by atoms with Crippen molar-refractivity contribution in [3.8, 4) is 0 Å². The molecular weight excluding hydrogens is 290 g/mol. The van der Waals surface area contributed by atoms with E-state index in [2.05, 4.69) is 10.6 Å². The van der Waals surface area contributed by atoms with E-state index in [-0.39, 0.29) is 28.9 Å². The van der Waals surface area contributed by atoms with Gasteiger partial charge in [-0.25, -0.2) is 4.39 Å². The summed E-state index contributed by atoms with van der Waals surface area (Å²) in [6.45, 7) is -0.365. The monoisotopic (exact) mass is 308 g/mol. The lowest BCUT2D eigenvalue weighted by molar-refractivity contribution is 0.0943. The van der Waals surface area contributed by atoms with Crippen molar-refractivity contribution in [3.05, 3.63) is 34.6 Å². The van der Waals surface area contributed by atoms with Crippen molar-refractivity contribution in [2.75, 3.05) is 19.6 Å². The second-order valence-electron chi connectivity index (χ2n) is 4.28. The maximum atomic E-state index is 13.2. The lowest BCUT2D eigenvalue weighted by Crippen LogP contribution is -2.36. The molecule has 1 heterocycles. The van der Waals surface area contributed by atoms with E-state index in [4.69, 9.17) is 14.3 Å². The first-order valence-electron chi connectivity index (χ1n) is 6.88. The highest BCUT2D eigenvalue weighted by atomic mass is 35.5. The lowest BCUT2D eigenvalue weighted by atomic mass is 9.98. The molecule has 2 rings (SSSR count). The molecule has 1 amide bonds. The molecule has 3 nitrogen and oxygen atoms in total. The van der Waals surface area contributed by atoms with Crippen molar-refractivity contribution in [3.63, 3.8) is 0 Å². The smallest absolute Gasteiger partial charge is 0.251 e. The molecule has 19 heavy (non-hydrogen) atoms. The number of nitrogens with one attached hydrogen (secondary N) is 2. The second kappa shape index (κ2) is 7.68. The molecule has 1 aromatic rings. The highest BCUT2D eigenvalue weighted by Gasteiger charge is 2.15. The molecule has 0 saturated carbocycles. The van der Waals surface area contributed by atoms with Crippen molar-refractivity contribution >= 4 is 29.9 Å². The molecule has 0 bridgehead atoms. The fourth-order valence-corrected chi connectivity index (χ4v) is 2.11. The van der Waals surface area contributed by atoms with Crippen LogP contribution in [0.5, 0.6) is 0 Å². The summed E-state index contributed by atoms with van der Waals surface area (Å²) in [6, 6.07) is 3.46. The van der Waals surface area contributed by atoms with Crippen LogP contribution in [0.15, 0.2) is 18.2 Å². The summed E-state index contributed by atoms with van der Waals surface area (Å²) < 4.78 is 29.2. The van der Waals surface area contributed by atoms with Gasteiger partial charge in [-0.1, -0.05) is 11.6 Å². The van der Waals surface area contributed by atoms with Crippen molar-refractivity contribution in [1.82, 2.24) is 10.6 Å². The van der Waals surface area contributed by atoms with Crippen LogP contribution >= 0.6 is 24.0 Å². The molecule has 0 unspecified atom stereocenters. The van der Waals surface area contributed by atoms with E-state index in [1.807, 2.05) is 0 Å². The van der Waals surface area contributed by atoms with Crippen molar-refractivity contribution in [2.45, 2.75) is 12.8 Å². The van der Waals surface area contributed by atoms with E-state index >= 15 is 0 Å². The zero-order valence-electron chi connectivity index (χ0n) is 12.2. The van der Waals surface area contributed by atoms with E-state index in [0.717, 1.165) is 25.2 Å². The van der Waals surface area contributed by atoms with Gasteiger partial charge in [0.2, 0.25) is 0 Å². The van der Waals surface area contributed by atoms with Gasteiger partial charge in [0.05, 0.1) is 0 Å². The summed E-state index contributed by atoms with van der Waals surface area (Å²) in [7, 11) is 0. The molecule has 0 atom stereocenters. The van der Waals surface area contributed by atoms with Crippen LogP contribution in [-0.2, 0) is 0 Å². The number of halogens is 3.